The van der Waals surface area contributed by atoms with Crippen LogP contribution in [-0.2, 0) is 17.6 Å². The van der Waals surface area contributed by atoms with Crippen molar-refractivity contribution >= 4 is 17.5 Å². The summed E-state index contributed by atoms with van der Waals surface area (Å²) in [5.74, 6) is 0.830. The predicted octanol–water partition coefficient (Wildman–Crippen LogP) is 3.42. The number of rotatable bonds is 2. The van der Waals surface area contributed by atoms with Gasteiger partial charge in [-0.25, -0.2) is 0 Å². The van der Waals surface area contributed by atoms with E-state index in [0.29, 0.717) is 30.4 Å². The first-order valence-corrected chi connectivity index (χ1v) is 8.74. The van der Waals surface area contributed by atoms with Crippen molar-refractivity contribution in [1.29, 1.82) is 0 Å². The molecule has 1 atom stereocenters. The molecular weight excluding hydrogens is 328 g/mol. The minimum absolute atomic E-state index is 0.0517. The van der Waals surface area contributed by atoms with Gasteiger partial charge in [0.1, 0.15) is 11.9 Å². The lowest BCUT2D eigenvalue weighted by Gasteiger charge is -2.33. The van der Waals surface area contributed by atoms with Gasteiger partial charge in [0.15, 0.2) is 5.69 Å². The summed E-state index contributed by atoms with van der Waals surface area (Å²) >= 11 is 5.94. The largest absolute Gasteiger partial charge is 0.370 e. The Morgan fingerprint density at radius 3 is 2.83 bits per heavy atom. The monoisotopic (exact) mass is 346 g/mol. The molecule has 1 amide bonds. The molecule has 2 aliphatic rings. The minimum Gasteiger partial charge on any atom is -0.370 e. The molecule has 24 heavy (non-hydrogen) atoms. The summed E-state index contributed by atoms with van der Waals surface area (Å²) in [6.07, 6.45) is 3.82. The van der Waals surface area contributed by atoms with Gasteiger partial charge < -0.3 is 14.2 Å². The van der Waals surface area contributed by atoms with Crippen LogP contribution in [0.15, 0.2) is 28.8 Å². The average molecular weight is 347 g/mol. The van der Waals surface area contributed by atoms with Crippen LogP contribution in [0.2, 0.25) is 5.02 Å². The molecule has 1 aromatic carbocycles. The number of benzene rings is 1. The number of ether oxygens (including phenoxy) is 1. The second kappa shape index (κ2) is 6.57. The highest BCUT2D eigenvalue weighted by atomic mass is 35.5. The zero-order chi connectivity index (χ0) is 16.5. The van der Waals surface area contributed by atoms with Crippen molar-refractivity contribution in [2.24, 2.45) is 0 Å². The Morgan fingerprint density at radius 2 is 2.00 bits per heavy atom. The lowest BCUT2D eigenvalue weighted by atomic mass is 9.96. The third-order valence-electron chi connectivity index (χ3n) is 4.75. The lowest BCUT2D eigenvalue weighted by Crippen LogP contribution is -2.42. The molecule has 1 aromatic heterocycles. The van der Waals surface area contributed by atoms with Crippen LogP contribution in [0.1, 0.15) is 46.3 Å². The van der Waals surface area contributed by atoms with Gasteiger partial charge in [-0.05, 0) is 37.0 Å². The molecule has 1 saturated heterocycles. The zero-order valence-electron chi connectivity index (χ0n) is 13.3. The van der Waals surface area contributed by atoms with Gasteiger partial charge in [-0.3, -0.25) is 4.79 Å². The number of halogens is 1. The first-order valence-electron chi connectivity index (χ1n) is 8.36. The normalized spacial score (nSPS) is 20.7. The maximum atomic E-state index is 12.9. The van der Waals surface area contributed by atoms with E-state index in [-0.39, 0.29) is 12.0 Å². The number of fused-ring (bicyclic) bond motifs is 1. The van der Waals surface area contributed by atoms with E-state index in [1.54, 1.807) is 0 Å². The number of aryl methyl sites for hydroxylation is 1. The molecule has 126 valence electrons. The van der Waals surface area contributed by atoms with Crippen molar-refractivity contribution in [3.05, 3.63) is 51.9 Å². The van der Waals surface area contributed by atoms with Crippen molar-refractivity contribution in [2.45, 2.75) is 31.8 Å². The fourth-order valence-electron chi connectivity index (χ4n) is 3.42. The molecule has 0 radical (unpaired) electrons. The Morgan fingerprint density at radius 1 is 1.21 bits per heavy atom. The summed E-state index contributed by atoms with van der Waals surface area (Å²) in [6.45, 7) is 1.60. The van der Waals surface area contributed by atoms with Crippen molar-refractivity contribution in [3.8, 4) is 0 Å². The lowest BCUT2D eigenvalue weighted by molar-refractivity contribution is -0.0231. The smallest absolute Gasteiger partial charge is 0.276 e. The summed E-state index contributed by atoms with van der Waals surface area (Å²) in [5, 5.41) is 4.75. The van der Waals surface area contributed by atoms with Gasteiger partial charge in [0.25, 0.3) is 5.91 Å². The van der Waals surface area contributed by atoms with E-state index < -0.39 is 0 Å². The van der Waals surface area contributed by atoms with Gasteiger partial charge in [0, 0.05) is 23.6 Å². The number of nitrogens with zero attached hydrogens (tertiary/aromatic N) is 2. The highest BCUT2D eigenvalue weighted by Crippen LogP contribution is 2.28. The van der Waals surface area contributed by atoms with E-state index in [2.05, 4.69) is 5.16 Å². The molecule has 1 fully saturated rings. The molecule has 1 aliphatic carbocycles. The predicted molar refractivity (Wildman–Crippen MR) is 89.2 cm³/mol. The maximum absolute atomic E-state index is 12.9. The Balaban J connectivity index is 1.52. The van der Waals surface area contributed by atoms with Crippen LogP contribution in [0, 0.1) is 0 Å². The van der Waals surface area contributed by atoms with Crippen LogP contribution in [0.4, 0.5) is 0 Å². The third-order valence-corrected chi connectivity index (χ3v) is 5.00. The molecule has 0 N–H and O–H groups in total. The van der Waals surface area contributed by atoms with Gasteiger partial charge in [-0.2, -0.15) is 0 Å². The van der Waals surface area contributed by atoms with Crippen molar-refractivity contribution in [3.63, 3.8) is 0 Å². The fourth-order valence-corrected chi connectivity index (χ4v) is 3.54. The van der Waals surface area contributed by atoms with E-state index in [0.717, 1.165) is 42.6 Å². The van der Waals surface area contributed by atoms with Crippen LogP contribution in [0.5, 0.6) is 0 Å². The Kier molecular flexibility index (Phi) is 4.29. The van der Waals surface area contributed by atoms with E-state index >= 15 is 0 Å². The third kappa shape index (κ3) is 2.94. The van der Waals surface area contributed by atoms with E-state index in [1.807, 2.05) is 29.2 Å². The summed E-state index contributed by atoms with van der Waals surface area (Å²) in [5.41, 5.74) is 2.52. The molecule has 5 nitrogen and oxygen atoms in total. The second-order valence-electron chi connectivity index (χ2n) is 6.30. The van der Waals surface area contributed by atoms with Crippen LogP contribution in [0.25, 0.3) is 0 Å². The number of aromatic nitrogens is 1. The van der Waals surface area contributed by atoms with Crippen LogP contribution < -0.4 is 0 Å². The van der Waals surface area contributed by atoms with Gasteiger partial charge in [0.05, 0.1) is 13.2 Å². The Hall–Kier alpha value is -1.85. The van der Waals surface area contributed by atoms with Crippen molar-refractivity contribution in [2.75, 3.05) is 19.7 Å². The van der Waals surface area contributed by atoms with E-state index in [4.69, 9.17) is 20.9 Å². The fraction of sp³-hybridized carbons (Fsp3) is 0.444. The van der Waals surface area contributed by atoms with Crippen molar-refractivity contribution in [1.82, 2.24) is 10.1 Å². The highest BCUT2D eigenvalue weighted by molar-refractivity contribution is 6.30. The summed E-state index contributed by atoms with van der Waals surface area (Å²) in [7, 11) is 0. The molecule has 0 unspecified atom stereocenters. The number of hydrogen-bond acceptors (Lipinski definition) is 4. The van der Waals surface area contributed by atoms with E-state index in [9.17, 15) is 4.79 Å². The number of morpholine rings is 1. The quantitative estimate of drug-likeness (QED) is 0.836. The van der Waals surface area contributed by atoms with E-state index in [1.165, 1.54) is 0 Å². The first-order chi connectivity index (χ1) is 11.7. The average Bonchev–Trinajstić information content (AvgIpc) is 3.06. The molecule has 0 saturated carbocycles. The van der Waals surface area contributed by atoms with Crippen LogP contribution in [-0.4, -0.2) is 35.7 Å². The first kappa shape index (κ1) is 15.7. The SMILES string of the molecule is O=C(c1noc2c1CCCC2)N1CCO[C@H](c2ccc(Cl)cc2)C1. The maximum Gasteiger partial charge on any atom is 0.276 e. The Labute approximate surface area is 145 Å². The molecule has 0 bridgehead atoms. The number of carbonyl (C=O) groups is 1. The van der Waals surface area contributed by atoms with Gasteiger partial charge >= 0.3 is 0 Å². The van der Waals surface area contributed by atoms with Gasteiger partial charge in [0.2, 0.25) is 0 Å². The van der Waals surface area contributed by atoms with Crippen LogP contribution >= 0.6 is 11.6 Å². The molecule has 6 heteroatoms. The number of hydrogen-bond donors (Lipinski definition) is 0. The summed E-state index contributed by atoms with van der Waals surface area (Å²) in [4.78, 5) is 14.7. The summed E-state index contributed by atoms with van der Waals surface area (Å²) < 4.78 is 11.2. The second-order valence-corrected chi connectivity index (χ2v) is 6.74. The van der Waals surface area contributed by atoms with Gasteiger partial charge in [-0.15, -0.1) is 0 Å². The molecule has 0 spiro atoms. The number of amides is 1. The van der Waals surface area contributed by atoms with Gasteiger partial charge in [-0.1, -0.05) is 28.9 Å². The molecule has 1 aliphatic heterocycles. The Bertz CT molecular complexity index is 741. The molecular formula is C18H19ClN2O3. The molecule has 2 heterocycles. The number of carbonyl (C=O) groups excluding carboxylic acids is 1. The highest BCUT2D eigenvalue weighted by Gasteiger charge is 2.31. The van der Waals surface area contributed by atoms with Crippen molar-refractivity contribution < 1.29 is 14.1 Å². The standard InChI is InChI=1S/C18H19ClN2O3/c19-13-7-5-12(6-8-13)16-11-21(9-10-23-16)18(22)17-14-3-1-2-4-15(14)24-20-17/h5-8,16H,1-4,9-11H2/t16-/m0/s1. The minimum atomic E-state index is -0.136. The summed E-state index contributed by atoms with van der Waals surface area (Å²) in [6, 6.07) is 7.57. The topological polar surface area (TPSA) is 55.6 Å². The molecule has 4 rings (SSSR count). The molecule has 2 aromatic rings. The van der Waals surface area contributed by atoms with Crippen LogP contribution in [0.3, 0.4) is 0 Å². The zero-order valence-corrected chi connectivity index (χ0v) is 14.1.